The molecule has 2 aromatic rings. The SMILES string of the molecule is C=C1[C@H](COCc2ccccc2)[C@@H](C)C[C@@H]1n1cnc2c1NC(N)NC2=O. The Balaban J connectivity index is 1.46. The molecule has 0 bridgehead atoms. The fraction of sp³-hybridized carbons (Fsp3) is 0.400. The number of amides is 1. The van der Waals surface area contributed by atoms with Crippen LogP contribution in [0.3, 0.4) is 0 Å². The van der Waals surface area contributed by atoms with Crippen LogP contribution in [0.1, 0.15) is 35.4 Å². The number of hydrogen-bond donors (Lipinski definition) is 3. The Kier molecular flexibility index (Phi) is 4.72. The van der Waals surface area contributed by atoms with E-state index in [2.05, 4.69) is 41.3 Å². The average Bonchev–Trinajstić information content (AvgIpc) is 3.18. The normalized spacial score (nSPS) is 27.2. The number of fused-ring (bicyclic) bond motifs is 1. The average molecular weight is 367 g/mol. The van der Waals surface area contributed by atoms with E-state index in [1.807, 2.05) is 22.8 Å². The molecule has 4 rings (SSSR count). The van der Waals surface area contributed by atoms with E-state index < -0.39 is 6.29 Å². The standard InChI is InChI=1S/C20H25N5O2/c1-12-8-16(25-11-22-17-18(25)23-20(21)24-19(17)26)13(2)15(12)10-27-9-14-6-4-3-5-7-14/h3-7,11-12,15-16,20,23H,2,8-10,21H2,1H3,(H,24,26)/t12-,15+,16-,20?/m0/s1. The Morgan fingerprint density at radius 1 is 1.33 bits per heavy atom. The van der Waals surface area contributed by atoms with E-state index in [1.54, 1.807) is 6.33 Å². The van der Waals surface area contributed by atoms with Crippen molar-refractivity contribution in [3.05, 3.63) is 60.1 Å². The Bertz CT molecular complexity index is 847. The van der Waals surface area contributed by atoms with E-state index in [0.717, 1.165) is 17.6 Å². The van der Waals surface area contributed by atoms with Crippen LogP contribution in [0.5, 0.6) is 0 Å². The third kappa shape index (κ3) is 3.36. The number of benzene rings is 1. The second-order valence-electron chi connectivity index (χ2n) is 7.36. The molecule has 7 heteroatoms. The van der Waals surface area contributed by atoms with Crippen molar-refractivity contribution in [2.24, 2.45) is 17.6 Å². The smallest absolute Gasteiger partial charge is 0.276 e. The lowest BCUT2D eigenvalue weighted by atomic mass is 9.96. The first-order chi connectivity index (χ1) is 13.0. The van der Waals surface area contributed by atoms with E-state index in [1.165, 1.54) is 0 Å². The van der Waals surface area contributed by atoms with Crippen LogP contribution in [0.15, 0.2) is 48.8 Å². The van der Waals surface area contributed by atoms with Crippen LogP contribution in [0, 0.1) is 11.8 Å². The van der Waals surface area contributed by atoms with Gasteiger partial charge in [-0.2, -0.15) is 0 Å². The molecule has 142 valence electrons. The first-order valence-electron chi connectivity index (χ1n) is 9.24. The van der Waals surface area contributed by atoms with Crippen LogP contribution in [0.4, 0.5) is 5.82 Å². The molecular formula is C20H25N5O2. The van der Waals surface area contributed by atoms with Crippen molar-refractivity contribution in [2.75, 3.05) is 11.9 Å². The second-order valence-corrected chi connectivity index (χ2v) is 7.36. The van der Waals surface area contributed by atoms with Gasteiger partial charge in [0.05, 0.1) is 25.6 Å². The number of carbonyl (C=O) groups is 1. The van der Waals surface area contributed by atoms with Gasteiger partial charge in [0, 0.05) is 5.92 Å². The molecule has 1 aliphatic heterocycles. The number of nitrogens with one attached hydrogen (secondary N) is 2. The minimum atomic E-state index is -0.613. The van der Waals surface area contributed by atoms with Gasteiger partial charge in [0.2, 0.25) is 0 Å². The van der Waals surface area contributed by atoms with Crippen LogP contribution in [-0.4, -0.2) is 28.4 Å². The van der Waals surface area contributed by atoms with E-state index >= 15 is 0 Å². The summed E-state index contributed by atoms with van der Waals surface area (Å²) in [6.45, 7) is 7.80. The van der Waals surface area contributed by atoms with Crippen molar-refractivity contribution < 1.29 is 9.53 Å². The first kappa shape index (κ1) is 17.8. The van der Waals surface area contributed by atoms with Gasteiger partial charge in [-0.25, -0.2) is 4.98 Å². The van der Waals surface area contributed by atoms with Crippen LogP contribution in [0.2, 0.25) is 0 Å². The van der Waals surface area contributed by atoms with Crippen LogP contribution in [-0.2, 0) is 11.3 Å². The van der Waals surface area contributed by atoms with Crippen molar-refractivity contribution in [3.8, 4) is 0 Å². The highest BCUT2D eigenvalue weighted by Gasteiger charge is 2.38. The molecule has 0 radical (unpaired) electrons. The largest absolute Gasteiger partial charge is 0.376 e. The van der Waals surface area contributed by atoms with Crippen LogP contribution < -0.4 is 16.4 Å². The van der Waals surface area contributed by atoms with Crippen molar-refractivity contribution in [2.45, 2.75) is 32.3 Å². The van der Waals surface area contributed by atoms with Gasteiger partial charge in [-0.15, -0.1) is 0 Å². The Morgan fingerprint density at radius 3 is 2.89 bits per heavy atom. The zero-order chi connectivity index (χ0) is 19.0. The molecule has 27 heavy (non-hydrogen) atoms. The lowest BCUT2D eigenvalue weighted by Gasteiger charge is -2.25. The second kappa shape index (κ2) is 7.17. The molecule has 1 aliphatic carbocycles. The number of aromatic nitrogens is 2. The summed E-state index contributed by atoms with van der Waals surface area (Å²) in [5, 5.41) is 5.73. The molecule has 0 spiro atoms. The zero-order valence-electron chi connectivity index (χ0n) is 15.4. The molecule has 2 aliphatic rings. The fourth-order valence-corrected chi connectivity index (χ4v) is 4.02. The zero-order valence-corrected chi connectivity index (χ0v) is 15.4. The van der Waals surface area contributed by atoms with Gasteiger partial charge >= 0.3 is 0 Å². The maximum atomic E-state index is 12.1. The van der Waals surface area contributed by atoms with Crippen LogP contribution in [0.25, 0.3) is 0 Å². The number of nitrogens with two attached hydrogens (primary N) is 1. The van der Waals surface area contributed by atoms with E-state index in [9.17, 15) is 4.79 Å². The number of hydrogen-bond acceptors (Lipinski definition) is 5. The number of carbonyl (C=O) groups excluding carboxylic acids is 1. The van der Waals surface area contributed by atoms with Crippen LogP contribution >= 0.6 is 0 Å². The van der Waals surface area contributed by atoms with Gasteiger partial charge in [0.15, 0.2) is 12.0 Å². The fourth-order valence-electron chi connectivity index (χ4n) is 4.02. The highest BCUT2D eigenvalue weighted by atomic mass is 16.5. The molecule has 7 nitrogen and oxygen atoms in total. The molecule has 4 N–H and O–H groups in total. The summed E-state index contributed by atoms with van der Waals surface area (Å²) in [6, 6.07) is 10.2. The number of nitrogens with zero attached hydrogens (tertiary/aromatic N) is 2. The van der Waals surface area contributed by atoms with Gasteiger partial charge in [0.1, 0.15) is 5.82 Å². The van der Waals surface area contributed by atoms with Gasteiger partial charge in [-0.3, -0.25) is 10.5 Å². The summed E-state index contributed by atoms with van der Waals surface area (Å²) in [5.41, 5.74) is 8.50. The van der Waals surface area contributed by atoms with Gasteiger partial charge in [-0.1, -0.05) is 43.8 Å². The number of ether oxygens (including phenoxy) is 1. The monoisotopic (exact) mass is 367 g/mol. The summed E-state index contributed by atoms with van der Waals surface area (Å²) < 4.78 is 7.96. The minimum Gasteiger partial charge on any atom is -0.376 e. The number of anilines is 1. The van der Waals surface area contributed by atoms with E-state index in [4.69, 9.17) is 10.5 Å². The highest BCUT2D eigenvalue weighted by Crippen LogP contribution is 2.45. The molecule has 1 aromatic heterocycles. The predicted molar refractivity (Wildman–Crippen MR) is 103 cm³/mol. The van der Waals surface area contributed by atoms with E-state index in [-0.39, 0.29) is 17.9 Å². The Hall–Kier alpha value is -2.64. The molecule has 0 saturated heterocycles. The molecule has 1 unspecified atom stereocenters. The third-order valence-corrected chi connectivity index (χ3v) is 5.52. The maximum absolute atomic E-state index is 12.1. The Labute approximate surface area is 158 Å². The lowest BCUT2D eigenvalue weighted by molar-refractivity contribution is 0.0871. The van der Waals surface area contributed by atoms with Crippen molar-refractivity contribution >= 4 is 11.7 Å². The van der Waals surface area contributed by atoms with Gasteiger partial charge in [0.25, 0.3) is 5.91 Å². The molecule has 2 heterocycles. The van der Waals surface area contributed by atoms with Crippen molar-refractivity contribution in [3.63, 3.8) is 0 Å². The summed E-state index contributed by atoms with van der Waals surface area (Å²) in [7, 11) is 0. The predicted octanol–water partition coefficient (Wildman–Crippen LogP) is 2.25. The van der Waals surface area contributed by atoms with Gasteiger partial charge in [-0.05, 0) is 23.5 Å². The first-order valence-corrected chi connectivity index (χ1v) is 9.24. The van der Waals surface area contributed by atoms with Crippen molar-refractivity contribution in [1.82, 2.24) is 14.9 Å². The molecule has 1 amide bonds. The minimum absolute atomic E-state index is 0.0761. The summed E-state index contributed by atoms with van der Waals surface area (Å²) in [4.78, 5) is 16.3. The summed E-state index contributed by atoms with van der Waals surface area (Å²) >= 11 is 0. The van der Waals surface area contributed by atoms with Gasteiger partial charge < -0.3 is 19.9 Å². The molecule has 1 aromatic carbocycles. The van der Waals surface area contributed by atoms with Crippen molar-refractivity contribution in [1.29, 1.82) is 0 Å². The van der Waals surface area contributed by atoms with E-state index in [0.29, 0.717) is 30.6 Å². The number of rotatable bonds is 5. The number of imidazole rings is 1. The lowest BCUT2D eigenvalue weighted by Crippen LogP contribution is -2.51. The molecular weight excluding hydrogens is 342 g/mol. The summed E-state index contributed by atoms with van der Waals surface area (Å²) in [5.74, 6) is 1.11. The maximum Gasteiger partial charge on any atom is 0.276 e. The third-order valence-electron chi connectivity index (χ3n) is 5.52. The summed E-state index contributed by atoms with van der Waals surface area (Å²) in [6.07, 6.45) is 2.02. The Morgan fingerprint density at radius 2 is 2.11 bits per heavy atom. The quantitative estimate of drug-likeness (QED) is 0.705. The molecule has 1 saturated carbocycles. The molecule has 4 atom stereocenters. The highest BCUT2D eigenvalue weighted by molar-refractivity contribution is 5.99. The topological polar surface area (TPSA) is 94.2 Å². The molecule has 1 fully saturated rings.